The zero-order valence-corrected chi connectivity index (χ0v) is 23.2. The SMILES string of the molecule is C=CC[Si](CC=C)(CC=C)OCC(CCCC)C(CCC)O[Si](CC=C)(CC=C)CC=C. The Labute approximate surface area is 202 Å². The van der Waals surface area contributed by atoms with Crippen molar-refractivity contribution in [3.63, 3.8) is 0 Å². The van der Waals surface area contributed by atoms with Gasteiger partial charge in [0.05, 0.1) is 6.10 Å². The molecule has 0 fully saturated rings. The largest absolute Gasteiger partial charge is 0.415 e. The average molecular weight is 475 g/mol. The summed E-state index contributed by atoms with van der Waals surface area (Å²) in [6.45, 7) is 29.3. The number of hydrogen-bond acceptors (Lipinski definition) is 2. The van der Waals surface area contributed by atoms with E-state index in [1.54, 1.807) is 0 Å². The first kappa shape index (κ1) is 30.8. The zero-order chi connectivity index (χ0) is 24.3. The van der Waals surface area contributed by atoms with Crippen molar-refractivity contribution in [2.45, 2.75) is 88.3 Å². The Hall–Kier alpha value is -1.21. The molecular formula is C28H50O2Si2. The van der Waals surface area contributed by atoms with Gasteiger partial charge in [0.1, 0.15) is 0 Å². The fraction of sp³-hybridized carbons (Fsp3) is 0.571. The van der Waals surface area contributed by atoms with E-state index in [-0.39, 0.29) is 6.10 Å². The lowest BCUT2D eigenvalue weighted by molar-refractivity contribution is 0.0699. The second-order valence-corrected chi connectivity index (χ2v) is 16.7. The van der Waals surface area contributed by atoms with Gasteiger partial charge in [-0.25, -0.2) is 0 Å². The van der Waals surface area contributed by atoms with Crippen LogP contribution in [0.2, 0.25) is 36.3 Å². The van der Waals surface area contributed by atoms with Crippen molar-refractivity contribution in [3.8, 4) is 0 Å². The number of rotatable bonds is 23. The van der Waals surface area contributed by atoms with Crippen LogP contribution in [0.4, 0.5) is 0 Å². The summed E-state index contributed by atoms with van der Waals surface area (Å²) in [5.41, 5.74) is 0. The molecule has 0 N–H and O–H groups in total. The first-order valence-corrected chi connectivity index (χ1v) is 17.5. The molecule has 32 heavy (non-hydrogen) atoms. The Morgan fingerprint density at radius 1 is 0.625 bits per heavy atom. The molecule has 0 radical (unpaired) electrons. The molecule has 0 amide bonds. The van der Waals surface area contributed by atoms with Crippen LogP contribution in [0.5, 0.6) is 0 Å². The molecule has 0 aromatic heterocycles. The van der Waals surface area contributed by atoms with Crippen molar-refractivity contribution >= 4 is 16.6 Å². The summed E-state index contributed by atoms with van der Waals surface area (Å²) in [6.07, 6.45) is 17.9. The Morgan fingerprint density at radius 2 is 1.06 bits per heavy atom. The third kappa shape index (κ3) is 11.1. The molecule has 0 aliphatic heterocycles. The Kier molecular flexibility index (Phi) is 17.6. The van der Waals surface area contributed by atoms with Gasteiger partial charge in [0.15, 0.2) is 0 Å². The van der Waals surface area contributed by atoms with Gasteiger partial charge in [-0.2, -0.15) is 0 Å². The van der Waals surface area contributed by atoms with Gasteiger partial charge < -0.3 is 8.85 Å². The summed E-state index contributed by atoms with van der Waals surface area (Å²) in [5.74, 6) is 0.382. The molecule has 2 nitrogen and oxygen atoms in total. The average Bonchev–Trinajstić information content (AvgIpc) is 2.75. The molecule has 0 saturated heterocycles. The van der Waals surface area contributed by atoms with Gasteiger partial charge in [-0.15, -0.1) is 39.5 Å². The summed E-state index contributed by atoms with van der Waals surface area (Å²) >= 11 is 0. The summed E-state index contributed by atoms with van der Waals surface area (Å²) in [4.78, 5) is 0. The van der Waals surface area contributed by atoms with Gasteiger partial charge in [-0.1, -0.05) is 69.6 Å². The smallest absolute Gasteiger partial charge is 0.204 e. The molecule has 0 heterocycles. The van der Waals surface area contributed by atoms with E-state index in [4.69, 9.17) is 8.85 Å². The molecule has 0 aliphatic rings. The van der Waals surface area contributed by atoms with Gasteiger partial charge >= 0.3 is 0 Å². The monoisotopic (exact) mass is 474 g/mol. The maximum Gasteiger partial charge on any atom is 0.204 e. The summed E-state index contributed by atoms with van der Waals surface area (Å²) in [6, 6.07) is 5.55. The van der Waals surface area contributed by atoms with Crippen LogP contribution < -0.4 is 0 Å². The molecule has 0 spiro atoms. The molecule has 0 aromatic rings. The van der Waals surface area contributed by atoms with Gasteiger partial charge in [0.25, 0.3) is 0 Å². The van der Waals surface area contributed by atoms with E-state index in [0.29, 0.717) is 5.92 Å². The second kappa shape index (κ2) is 18.2. The van der Waals surface area contributed by atoms with Crippen molar-refractivity contribution in [1.82, 2.24) is 0 Å². The van der Waals surface area contributed by atoms with E-state index in [1.807, 2.05) is 36.5 Å². The molecule has 4 heteroatoms. The molecule has 0 bridgehead atoms. The Balaban J connectivity index is 5.89. The van der Waals surface area contributed by atoms with Crippen LogP contribution in [0.3, 0.4) is 0 Å². The van der Waals surface area contributed by atoms with E-state index in [9.17, 15) is 0 Å². The van der Waals surface area contributed by atoms with E-state index < -0.39 is 16.6 Å². The first-order valence-electron chi connectivity index (χ1n) is 12.4. The lowest BCUT2D eigenvalue weighted by atomic mass is 9.94. The normalized spacial score (nSPS) is 13.7. The second-order valence-electron chi connectivity index (χ2n) is 8.98. The molecule has 2 atom stereocenters. The van der Waals surface area contributed by atoms with Crippen LogP contribution in [-0.4, -0.2) is 29.3 Å². The van der Waals surface area contributed by atoms with Crippen molar-refractivity contribution in [1.29, 1.82) is 0 Å². The van der Waals surface area contributed by atoms with Gasteiger partial charge in [0.2, 0.25) is 16.6 Å². The van der Waals surface area contributed by atoms with E-state index in [1.165, 1.54) is 12.8 Å². The maximum atomic E-state index is 7.10. The fourth-order valence-electron chi connectivity index (χ4n) is 4.52. The summed E-state index contributed by atoms with van der Waals surface area (Å²) < 4.78 is 13.9. The minimum atomic E-state index is -2.07. The molecule has 0 rings (SSSR count). The van der Waals surface area contributed by atoms with Crippen LogP contribution >= 0.6 is 0 Å². The van der Waals surface area contributed by atoms with E-state index in [2.05, 4.69) is 53.3 Å². The maximum absolute atomic E-state index is 7.10. The topological polar surface area (TPSA) is 18.5 Å². The third-order valence-corrected chi connectivity index (χ3v) is 13.9. The highest BCUT2D eigenvalue weighted by Gasteiger charge is 2.38. The van der Waals surface area contributed by atoms with E-state index in [0.717, 1.165) is 62.1 Å². The van der Waals surface area contributed by atoms with Gasteiger partial charge in [-0.3, -0.25) is 0 Å². The van der Waals surface area contributed by atoms with Crippen molar-refractivity contribution in [2.24, 2.45) is 5.92 Å². The quantitative estimate of drug-likeness (QED) is 0.109. The van der Waals surface area contributed by atoms with Crippen LogP contribution in [0.25, 0.3) is 0 Å². The minimum absolute atomic E-state index is 0.195. The van der Waals surface area contributed by atoms with Crippen LogP contribution in [0.15, 0.2) is 75.9 Å². The zero-order valence-electron chi connectivity index (χ0n) is 21.2. The number of unbranched alkanes of at least 4 members (excludes halogenated alkanes) is 1. The number of hydrogen-bond donors (Lipinski definition) is 0. The van der Waals surface area contributed by atoms with E-state index >= 15 is 0 Å². The van der Waals surface area contributed by atoms with Gasteiger partial charge in [-0.05, 0) is 49.1 Å². The highest BCUT2D eigenvalue weighted by molar-refractivity contribution is 6.75. The highest BCUT2D eigenvalue weighted by atomic mass is 28.4. The lowest BCUT2D eigenvalue weighted by Gasteiger charge is -2.39. The molecule has 0 aromatic carbocycles. The highest BCUT2D eigenvalue weighted by Crippen LogP contribution is 2.33. The standard InChI is InChI=1S/C28H50O2Si2/c1-9-17-19-27(26-29-31(20-11-3,21-12-4)22-13-5)28(18-10-2)30-32(23-14-6,24-15-7)25-16-8/h11-16,27-28H,3-10,17-26H2,1-2H3. The summed E-state index contributed by atoms with van der Waals surface area (Å²) in [7, 11) is -4.08. The van der Waals surface area contributed by atoms with Gasteiger partial charge in [0, 0.05) is 12.5 Å². The molecular weight excluding hydrogens is 424 g/mol. The number of allylic oxidation sites excluding steroid dienone is 6. The van der Waals surface area contributed by atoms with Crippen molar-refractivity contribution in [2.75, 3.05) is 6.61 Å². The predicted molar refractivity (Wildman–Crippen MR) is 150 cm³/mol. The predicted octanol–water partition coefficient (Wildman–Crippen LogP) is 9.00. The Bertz CT molecular complexity index is 517. The third-order valence-electron chi connectivity index (χ3n) is 6.13. The lowest BCUT2D eigenvalue weighted by Crippen LogP contribution is -2.45. The van der Waals surface area contributed by atoms with Crippen molar-refractivity contribution in [3.05, 3.63) is 75.9 Å². The molecule has 2 unspecified atom stereocenters. The van der Waals surface area contributed by atoms with Crippen molar-refractivity contribution < 1.29 is 8.85 Å². The minimum Gasteiger partial charge on any atom is -0.415 e. The fourth-order valence-corrected chi connectivity index (χ4v) is 10.8. The van der Waals surface area contributed by atoms with Crippen LogP contribution in [-0.2, 0) is 8.85 Å². The molecule has 0 saturated carbocycles. The Morgan fingerprint density at radius 3 is 1.44 bits per heavy atom. The molecule has 182 valence electrons. The molecule has 0 aliphatic carbocycles. The van der Waals surface area contributed by atoms with Crippen LogP contribution in [0.1, 0.15) is 46.0 Å². The summed E-state index contributed by atoms with van der Waals surface area (Å²) in [5, 5.41) is 0. The van der Waals surface area contributed by atoms with Crippen LogP contribution in [0, 0.1) is 5.92 Å². The first-order chi connectivity index (χ1) is 15.5.